The van der Waals surface area contributed by atoms with Crippen molar-refractivity contribution in [2.75, 3.05) is 6.61 Å². The number of aromatic nitrogens is 3. The molecule has 2 aromatic rings. The zero-order chi connectivity index (χ0) is 14.9. The van der Waals surface area contributed by atoms with Crippen LogP contribution in [0.3, 0.4) is 0 Å². The summed E-state index contributed by atoms with van der Waals surface area (Å²) >= 11 is 11.6. The number of ether oxygens (including phenoxy) is 1. The van der Waals surface area contributed by atoms with Gasteiger partial charge in [0, 0.05) is 11.8 Å². The highest BCUT2D eigenvalue weighted by molar-refractivity contribution is 6.35. The third-order valence-corrected chi connectivity index (χ3v) is 3.08. The molecule has 2 aromatic heterocycles. The molecule has 2 heterocycles. The molecule has 0 saturated heterocycles. The van der Waals surface area contributed by atoms with Gasteiger partial charge in [-0.15, -0.1) is 0 Å². The lowest BCUT2D eigenvalue weighted by Crippen LogP contribution is -2.29. The molecule has 0 radical (unpaired) electrons. The molecule has 0 aromatic carbocycles. The van der Waals surface area contributed by atoms with Crippen molar-refractivity contribution in [1.82, 2.24) is 15.0 Å². The Balaban J connectivity index is 2.40. The van der Waals surface area contributed by atoms with Crippen LogP contribution in [0.1, 0.15) is 18.6 Å². The Labute approximate surface area is 123 Å². The quantitative estimate of drug-likeness (QED) is 0.444. The summed E-state index contributed by atoms with van der Waals surface area (Å²) in [5, 5.41) is 20.0. The van der Waals surface area contributed by atoms with Gasteiger partial charge in [0.1, 0.15) is 16.9 Å². The number of carbonyl (C=O) groups is 1. The molecular formula is C11H11Cl2N3O4. The summed E-state index contributed by atoms with van der Waals surface area (Å²) in [5.41, 5.74) is 0.474. The van der Waals surface area contributed by atoms with E-state index in [1.54, 1.807) is 6.92 Å². The molecule has 2 rings (SSSR count). The number of hydrogen-bond acceptors (Lipinski definition) is 6. The van der Waals surface area contributed by atoms with Crippen LogP contribution in [0.25, 0.3) is 11.0 Å². The topological polar surface area (TPSA) is 108 Å². The number of aliphatic hydroxyl groups excluding tert-OH is 2. The molecular weight excluding hydrogens is 309 g/mol. The van der Waals surface area contributed by atoms with Gasteiger partial charge in [0.05, 0.1) is 12.0 Å². The van der Waals surface area contributed by atoms with Crippen molar-refractivity contribution in [3.63, 3.8) is 0 Å². The first-order chi connectivity index (χ1) is 9.45. The lowest BCUT2D eigenvalue weighted by Gasteiger charge is -2.15. The lowest BCUT2D eigenvalue weighted by molar-refractivity contribution is -0.159. The highest BCUT2D eigenvalue weighted by Crippen LogP contribution is 2.31. The molecule has 3 N–H and O–H groups in total. The zero-order valence-electron chi connectivity index (χ0n) is 10.3. The van der Waals surface area contributed by atoms with Crippen molar-refractivity contribution < 1.29 is 19.7 Å². The van der Waals surface area contributed by atoms with E-state index in [1.807, 2.05) is 0 Å². The van der Waals surface area contributed by atoms with E-state index in [0.29, 0.717) is 5.65 Å². The highest BCUT2D eigenvalue weighted by Gasteiger charge is 2.30. The number of rotatable bonds is 4. The number of nitrogens with one attached hydrogen (secondary N) is 1. The molecule has 2 atom stereocenters. The number of fused-ring (bicyclic) bond motifs is 1. The summed E-state index contributed by atoms with van der Waals surface area (Å²) in [7, 11) is 0. The number of aromatic amines is 1. The Hall–Kier alpha value is -1.41. The van der Waals surface area contributed by atoms with Crippen molar-refractivity contribution in [1.29, 1.82) is 0 Å². The molecule has 0 aliphatic carbocycles. The summed E-state index contributed by atoms with van der Waals surface area (Å²) in [6.07, 6.45) is -1.89. The van der Waals surface area contributed by atoms with Crippen LogP contribution in [0.15, 0.2) is 6.20 Å². The summed E-state index contributed by atoms with van der Waals surface area (Å²) in [5.74, 6) is -0.930. The second kappa shape index (κ2) is 5.92. The Morgan fingerprint density at radius 3 is 2.80 bits per heavy atom. The minimum Gasteiger partial charge on any atom is -0.464 e. The SMILES string of the molecule is CCOC(=O)C(O)C(O)c1c[nH]c2nc(Cl)nc(Cl)c12. The molecule has 0 bridgehead atoms. The van der Waals surface area contributed by atoms with Gasteiger partial charge in [-0.25, -0.2) is 9.78 Å². The standard InChI is InChI=1S/C11H11Cl2N3O4/c1-2-20-10(19)7(18)6(17)4-3-14-9-5(4)8(12)15-11(13)16-9/h3,6-7,17-18H,2H2,1H3,(H,14,15,16). The Kier molecular flexibility index (Phi) is 4.44. The summed E-state index contributed by atoms with van der Waals surface area (Å²) in [4.78, 5) is 21.8. The van der Waals surface area contributed by atoms with Crippen molar-refractivity contribution in [2.45, 2.75) is 19.1 Å². The maximum Gasteiger partial charge on any atom is 0.338 e. The molecule has 9 heteroatoms. The minimum absolute atomic E-state index is 0.00589. The van der Waals surface area contributed by atoms with E-state index in [0.717, 1.165) is 0 Å². The molecule has 0 spiro atoms. The van der Waals surface area contributed by atoms with Gasteiger partial charge in [0.25, 0.3) is 0 Å². The number of esters is 1. The van der Waals surface area contributed by atoms with Crippen LogP contribution in [0.5, 0.6) is 0 Å². The first-order valence-electron chi connectivity index (χ1n) is 5.68. The van der Waals surface area contributed by atoms with Crippen LogP contribution in [0.4, 0.5) is 0 Å². The number of aliphatic hydroxyl groups is 2. The van der Waals surface area contributed by atoms with Crippen LogP contribution in [-0.4, -0.2) is 43.8 Å². The molecule has 0 fully saturated rings. The first kappa shape index (κ1) is 15.0. The third-order valence-electron chi connectivity index (χ3n) is 2.64. The van der Waals surface area contributed by atoms with Gasteiger partial charge in [0.2, 0.25) is 5.28 Å². The monoisotopic (exact) mass is 319 g/mol. The molecule has 0 amide bonds. The Morgan fingerprint density at radius 2 is 2.15 bits per heavy atom. The van der Waals surface area contributed by atoms with Crippen LogP contribution < -0.4 is 0 Å². The van der Waals surface area contributed by atoms with Crippen LogP contribution >= 0.6 is 23.2 Å². The number of hydrogen-bond donors (Lipinski definition) is 3. The maximum atomic E-state index is 11.4. The van der Waals surface area contributed by atoms with Crippen molar-refractivity contribution >= 4 is 40.2 Å². The molecule has 20 heavy (non-hydrogen) atoms. The largest absolute Gasteiger partial charge is 0.464 e. The van der Waals surface area contributed by atoms with Gasteiger partial charge in [-0.05, 0) is 18.5 Å². The summed E-state index contributed by atoms with van der Waals surface area (Å²) < 4.78 is 4.64. The Bertz CT molecular complexity index is 646. The van der Waals surface area contributed by atoms with Crippen molar-refractivity contribution in [3.8, 4) is 0 Å². The van der Waals surface area contributed by atoms with E-state index in [2.05, 4.69) is 19.7 Å². The van der Waals surface area contributed by atoms with E-state index in [9.17, 15) is 15.0 Å². The predicted octanol–water partition coefficient (Wildman–Crippen LogP) is 1.22. The van der Waals surface area contributed by atoms with Crippen molar-refractivity contribution in [3.05, 3.63) is 22.2 Å². The third kappa shape index (κ3) is 2.71. The molecule has 2 unspecified atom stereocenters. The summed E-state index contributed by atoms with van der Waals surface area (Å²) in [6.45, 7) is 1.69. The maximum absolute atomic E-state index is 11.4. The van der Waals surface area contributed by atoms with E-state index >= 15 is 0 Å². The van der Waals surface area contributed by atoms with Crippen molar-refractivity contribution in [2.24, 2.45) is 0 Å². The van der Waals surface area contributed by atoms with Gasteiger partial charge < -0.3 is 19.9 Å². The predicted molar refractivity (Wildman–Crippen MR) is 71.5 cm³/mol. The highest BCUT2D eigenvalue weighted by atomic mass is 35.5. The minimum atomic E-state index is -1.74. The lowest BCUT2D eigenvalue weighted by atomic mass is 10.1. The number of H-pyrrole nitrogens is 1. The zero-order valence-corrected chi connectivity index (χ0v) is 11.8. The number of carbonyl (C=O) groups excluding carboxylic acids is 1. The van der Waals surface area contributed by atoms with E-state index in [-0.39, 0.29) is 28.0 Å². The average Bonchev–Trinajstić information content (AvgIpc) is 2.81. The fraction of sp³-hybridized carbons (Fsp3) is 0.364. The molecule has 7 nitrogen and oxygen atoms in total. The van der Waals surface area contributed by atoms with E-state index in [1.165, 1.54) is 6.20 Å². The number of nitrogens with zero attached hydrogens (tertiary/aromatic N) is 2. The van der Waals surface area contributed by atoms with Crippen LogP contribution in [0.2, 0.25) is 10.4 Å². The van der Waals surface area contributed by atoms with Gasteiger partial charge in [-0.3, -0.25) is 0 Å². The Morgan fingerprint density at radius 1 is 1.45 bits per heavy atom. The molecule has 0 aliphatic rings. The first-order valence-corrected chi connectivity index (χ1v) is 6.44. The summed E-state index contributed by atoms with van der Waals surface area (Å²) in [6, 6.07) is 0. The van der Waals surface area contributed by atoms with E-state index in [4.69, 9.17) is 23.2 Å². The molecule has 0 saturated carbocycles. The van der Waals surface area contributed by atoms with Crippen LogP contribution in [0, 0.1) is 0 Å². The smallest absolute Gasteiger partial charge is 0.338 e. The average molecular weight is 320 g/mol. The van der Waals surface area contributed by atoms with Gasteiger partial charge in [0.15, 0.2) is 6.10 Å². The fourth-order valence-electron chi connectivity index (χ4n) is 1.75. The number of halogens is 2. The van der Waals surface area contributed by atoms with Gasteiger partial charge in [-0.2, -0.15) is 4.98 Å². The van der Waals surface area contributed by atoms with Crippen LogP contribution in [-0.2, 0) is 9.53 Å². The normalized spacial score (nSPS) is 14.2. The molecule has 108 valence electrons. The van der Waals surface area contributed by atoms with Gasteiger partial charge >= 0.3 is 5.97 Å². The molecule has 0 aliphatic heterocycles. The van der Waals surface area contributed by atoms with E-state index < -0.39 is 18.2 Å². The second-order valence-corrected chi connectivity index (χ2v) is 4.59. The van der Waals surface area contributed by atoms with Gasteiger partial charge in [-0.1, -0.05) is 11.6 Å². The second-order valence-electron chi connectivity index (χ2n) is 3.89. The fourth-order valence-corrected chi connectivity index (χ4v) is 2.24.